The van der Waals surface area contributed by atoms with Crippen molar-refractivity contribution >= 4 is 32.7 Å². The second-order valence-electron chi connectivity index (χ2n) is 5.63. The maximum absolute atomic E-state index is 12.3. The van der Waals surface area contributed by atoms with Crippen LogP contribution in [0.15, 0.2) is 47.4 Å². The average molecular weight is 364 g/mol. The normalized spacial score (nSPS) is 12.2. The van der Waals surface area contributed by atoms with E-state index in [1.165, 1.54) is 18.4 Å². The van der Waals surface area contributed by atoms with E-state index in [-0.39, 0.29) is 4.90 Å². The molecule has 0 bridgehead atoms. The van der Waals surface area contributed by atoms with Crippen molar-refractivity contribution in [1.82, 2.24) is 13.9 Å². The minimum atomic E-state index is -3.49. The second kappa shape index (κ2) is 6.20. The maximum atomic E-state index is 12.3. The maximum Gasteiger partial charge on any atom is 0.242 e. The first-order chi connectivity index (χ1) is 11.3. The molecule has 0 unspecified atom stereocenters. The van der Waals surface area contributed by atoms with Crippen molar-refractivity contribution < 1.29 is 8.42 Å². The van der Waals surface area contributed by atoms with Gasteiger partial charge in [0.05, 0.1) is 15.9 Å². The molecule has 0 saturated carbocycles. The number of nitrogens with zero attached hydrogens (tertiary/aromatic N) is 3. The Morgan fingerprint density at radius 1 is 1.17 bits per heavy atom. The van der Waals surface area contributed by atoms with Crippen LogP contribution in [0.3, 0.4) is 0 Å². The number of imidazole rings is 1. The molecule has 24 heavy (non-hydrogen) atoms. The van der Waals surface area contributed by atoms with Gasteiger partial charge in [-0.15, -0.1) is 0 Å². The lowest BCUT2D eigenvalue weighted by Crippen LogP contribution is -2.22. The van der Waals surface area contributed by atoms with Crippen LogP contribution in [0.5, 0.6) is 0 Å². The van der Waals surface area contributed by atoms with Gasteiger partial charge in [-0.25, -0.2) is 17.7 Å². The molecule has 0 fully saturated rings. The Morgan fingerprint density at radius 3 is 2.54 bits per heavy atom. The van der Waals surface area contributed by atoms with Crippen molar-refractivity contribution in [2.24, 2.45) is 0 Å². The highest BCUT2D eigenvalue weighted by molar-refractivity contribution is 7.89. The lowest BCUT2D eigenvalue weighted by molar-refractivity contribution is 0.521. The molecule has 3 aromatic rings. The van der Waals surface area contributed by atoms with Gasteiger partial charge in [0.15, 0.2) is 0 Å². The molecule has 0 saturated heterocycles. The molecule has 1 heterocycles. The molecule has 126 valence electrons. The number of hydrogen-bond donors (Lipinski definition) is 0. The van der Waals surface area contributed by atoms with Gasteiger partial charge in [0.1, 0.15) is 5.82 Å². The average Bonchev–Trinajstić information content (AvgIpc) is 2.92. The van der Waals surface area contributed by atoms with Crippen molar-refractivity contribution in [1.29, 1.82) is 0 Å². The number of hydrogen-bond acceptors (Lipinski definition) is 3. The van der Waals surface area contributed by atoms with Crippen LogP contribution in [-0.2, 0) is 16.6 Å². The van der Waals surface area contributed by atoms with Gasteiger partial charge in [-0.05, 0) is 37.3 Å². The molecule has 0 atom stereocenters. The van der Waals surface area contributed by atoms with Gasteiger partial charge in [0, 0.05) is 31.2 Å². The summed E-state index contributed by atoms with van der Waals surface area (Å²) in [6.07, 6.45) is 0. The van der Waals surface area contributed by atoms with Crippen LogP contribution >= 0.6 is 11.6 Å². The molecule has 2 aromatic carbocycles. The van der Waals surface area contributed by atoms with E-state index >= 15 is 0 Å². The van der Waals surface area contributed by atoms with E-state index in [2.05, 4.69) is 4.98 Å². The van der Waals surface area contributed by atoms with Gasteiger partial charge in [0.25, 0.3) is 0 Å². The first kappa shape index (κ1) is 17.0. The Bertz CT molecular complexity index is 1010. The fraction of sp³-hybridized carbons (Fsp3) is 0.235. The zero-order valence-electron chi connectivity index (χ0n) is 13.7. The molecule has 0 spiro atoms. The van der Waals surface area contributed by atoms with Crippen LogP contribution in [-0.4, -0.2) is 36.4 Å². The minimum Gasteiger partial charge on any atom is -0.324 e. The van der Waals surface area contributed by atoms with Gasteiger partial charge < -0.3 is 4.57 Å². The van der Waals surface area contributed by atoms with E-state index in [1.807, 2.05) is 35.8 Å². The molecule has 0 amide bonds. The summed E-state index contributed by atoms with van der Waals surface area (Å²) < 4.78 is 27.9. The molecular weight excluding hydrogens is 346 g/mol. The largest absolute Gasteiger partial charge is 0.324 e. The predicted molar refractivity (Wildman–Crippen MR) is 96.7 cm³/mol. The van der Waals surface area contributed by atoms with E-state index < -0.39 is 10.0 Å². The van der Waals surface area contributed by atoms with Crippen molar-refractivity contribution in [3.8, 4) is 11.4 Å². The van der Waals surface area contributed by atoms with Crippen molar-refractivity contribution in [2.45, 2.75) is 18.4 Å². The van der Waals surface area contributed by atoms with E-state index in [4.69, 9.17) is 11.6 Å². The topological polar surface area (TPSA) is 55.2 Å². The highest BCUT2D eigenvalue weighted by atomic mass is 35.5. The van der Waals surface area contributed by atoms with Crippen LogP contribution in [0.2, 0.25) is 5.02 Å². The lowest BCUT2D eigenvalue weighted by atomic mass is 10.2. The van der Waals surface area contributed by atoms with Crippen molar-refractivity contribution in [3.63, 3.8) is 0 Å². The summed E-state index contributed by atoms with van der Waals surface area (Å²) in [6, 6.07) is 12.5. The third-order valence-electron chi connectivity index (χ3n) is 3.90. The first-order valence-electron chi connectivity index (χ1n) is 7.53. The van der Waals surface area contributed by atoms with E-state index in [9.17, 15) is 8.42 Å². The monoisotopic (exact) mass is 363 g/mol. The van der Waals surface area contributed by atoms with Gasteiger partial charge in [-0.3, -0.25) is 0 Å². The zero-order chi connectivity index (χ0) is 17.5. The third kappa shape index (κ3) is 2.81. The lowest BCUT2D eigenvalue weighted by Gasteiger charge is -2.11. The first-order valence-corrected chi connectivity index (χ1v) is 9.35. The SMILES string of the molecule is CCn1c(-c2cccc(Cl)c2)nc2cc(S(=O)(=O)N(C)C)ccc21. The van der Waals surface area contributed by atoms with Gasteiger partial charge in [0.2, 0.25) is 10.0 Å². The predicted octanol–water partition coefficient (Wildman–Crippen LogP) is 3.63. The fourth-order valence-corrected chi connectivity index (χ4v) is 3.76. The Balaban J connectivity index is 2.23. The van der Waals surface area contributed by atoms with Crippen LogP contribution in [0.4, 0.5) is 0 Å². The number of aromatic nitrogens is 2. The molecule has 5 nitrogen and oxygen atoms in total. The second-order valence-corrected chi connectivity index (χ2v) is 8.22. The molecule has 0 aliphatic heterocycles. The quantitative estimate of drug-likeness (QED) is 0.711. The van der Waals surface area contributed by atoms with Crippen molar-refractivity contribution in [2.75, 3.05) is 14.1 Å². The van der Waals surface area contributed by atoms with Crippen LogP contribution in [0, 0.1) is 0 Å². The molecule has 3 rings (SSSR count). The van der Waals surface area contributed by atoms with E-state index in [0.717, 1.165) is 23.4 Å². The highest BCUT2D eigenvalue weighted by Gasteiger charge is 2.19. The molecule has 7 heteroatoms. The number of aryl methyl sites for hydroxylation is 1. The van der Waals surface area contributed by atoms with Gasteiger partial charge in [-0.2, -0.15) is 0 Å². The third-order valence-corrected chi connectivity index (χ3v) is 5.94. The zero-order valence-corrected chi connectivity index (χ0v) is 15.3. The number of fused-ring (bicyclic) bond motifs is 1. The highest BCUT2D eigenvalue weighted by Crippen LogP contribution is 2.28. The number of benzene rings is 2. The molecule has 0 aliphatic rings. The van der Waals surface area contributed by atoms with Gasteiger partial charge in [-0.1, -0.05) is 23.7 Å². The number of sulfonamides is 1. The summed E-state index contributed by atoms with van der Waals surface area (Å²) in [5.74, 6) is 0.773. The Morgan fingerprint density at radius 2 is 1.92 bits per heavy atom. The standard InChI is InChI=1S/C17H18ClN3O2S/c1-4-21-16-9-8-14(24(22,23)20(2)3)11-15(16)19-17(21)12-6-5-7-13(18)10-12/h5-11H,4H2,1-3H3. The van der Waals surface area contributed by atoms with Crippen LogP contribution in [0.1, 0.15) is 6.92 Å². The summed E-state index contributed by atoms with van der Waals surface area (Å²) in [5, 5.41) is 0.637. The summed E-state index contributed by atoms with van der Waals surface area (Å²) >= 11 is 6.09. The summed E-state index contributed by atoms with van der Waals surface area (Å²) in [7, 11) is -0.456. The molecule has 0 N–H and O–H groups in total. The summed E-state index contributed by atoms with van der Waals surface area (Å²) in [4.78, 5) is 4.88. The Kier molecular flexibility index (Phi) is 4.38. The van der Waals surface area contributed by atoms with Crippen LogP contribution in [0.25, 0.3) is 22.4 Å². The van der Waals surface area contributed by atoms with Crippen molar-refractivity contribution in [3.05, 3.63) is 47.5 Å². The minimum absolute atomic E-state index is 0.235. The van der Waals surface area contributed by atoms with Gasteiger partial charge >= 0.3 is 0 Å². The van der Waals surface area contributed by atoms with Crippen LogP contribution < -0.4 is 0 Å². The van der Waals surface area contributed by atoms with E-state index in [1.54, 1.807) is 18.2 Å². The fourth-order valence-electron chi connectivity index (χ4n) is 2.65. The Hall–Kier alpha value is -1.89. The molecular formula is C17H18ClN3O2S. The summed E-state index contributed by atoms with van der Waals surface area (Å²) in [5.41, 5.74) is 2.44. The Labute approximate surface area is 146 Å². The molecule has 1 aromatic heterocycles. The molecule has 0 radical (unpaired) electrons. The number of halogens is 1. The smallest absolute Gasteiger partial charge is 0.242 e. The number of rotatable bonds is 4. The van der Waals surface area contributed by atoms with E-state index in [0.29, 0.717) is 10.5 Å². The summed E-state index contributed by atoms with van der Waals surface area (Å²) in [6.45, 7) is 2.75. The molecule has 0 aliphatic carbocycles.